The van der Waals surface area contributed by atoms with Crippen LogP contribution in [0.25, 0.3) is 0 Å². The quantitative estimate of drug-likeness (QED) is 0.623. The Morgan fingerprint density at radius 1 is 1.22 bits per heavy atom. The van der Waals surface area contributed by atoms with Crippen LogP contribution in [0.3, 0.4) is 0 Å². The average molecular weight is 270 g/mol. The first kappa shape index (κ1) is 16.5. The fourth-order valence-electron chi connectivity index (χ4n) is 1.38. The summed E-state index contributed by atoms with van der Waals surface area (Å²) in [6.07, 6.45) is -0.392. The summed E-state index contributed by atoms with van der Waals surface area (Å²) in [5.74, 6) is -0.936. The van der Waals surface area contributed by atoms with E-state index in [1.54, 1.807) is 13.8 Å². The van der Waals surface area contributed by atoms with Gasteiger partial charge in [-0.25, -0.2) is 4.79 Å². The van der Waals surface area contributed by atoms with Crippen LogP contribution in [0.2, 0.25) is 0 Å². The molecule has 0 amide bonds. The number of hydrogen-bond donors (Lipinski definition) is 0. The molecule has 0 saturated carbocycles. The van der Waals surface area contributed by atoms with Crippen molar-refractivity contribution in [1.29, 1.82) is 0 Å². The second-order valence-corrected chi connectivity index (χ2v) is 3.69. The van der Waals surface area contributed by atoms with Crippen LogP contribution in [0.4, 0.5) is 4.79 Å². The number of rotatable bonds is 4. The molecule has 0 aliphatic carbocycles. The summed E-state index contributed by atoms with van der Waals surface area (Å²) in [5, 5.41) is 0. The first-order valence-electron chi connectivity index (χ1n) is 5.55. The molecule has 0 heterocycles. The van der Waals surface area contributed by atoms with E-state index in [0.29, 0.717) is 6.42 Å². The molecule has 0 unspecified atom stereocenters. The van der Waals surface area contributed by atoms with Crippen LogP contribution in [0.5, 0.6) is 0 Å². The Bertz CT molecular complexity index is 378. The molecule has 18 heavy (non-hydrogen) atoms. The first-order chi connectivity index (χ1) is 8.13. The highest BCUT2D eigenvalue weighted by molar-refractivity contribution is 7.59. The lowest BCUT2D eigenvalue weighted by atomic mass is 10.0. The molecule has 0 aliphatic rings. The van der Waals surface area contributed by atoms with Crippen molar-refractivity contribution in [2.45, 2.75) is 20.3 Å². The molecule has 1 aromatic rings. The molecule has 1 aromatic carbocycles. The summed E-state index contributed by atoms with van der Waals surface area (Å²) in [6, 6.07) is 9.56. The maximum atomic E-state index is 11.5. The minimum atomic E-state index is -0.933. The van der Waals surface area contributed by atoms with Gasteiger partial charge < -0.3 is 9.47 Å². The van der Waals surface area contributed by atoms with Crippen molar-refractivity contribution in [2.24, 2.45) is 5.92 Å². The molecule has 0 N–H and O–H groups in total. The molecular weight excluding hydrogens is 252 g/mol. The topological polar surface area (TPSA) is 52.6 Å². The van der Waals surface area contributed by atoms with Gasteiger partial charge in [-0.3, -0.25) is 4.79 Å². The number of ether oxygens (including phenoxy) is 2. The monoisotopic (exact) mass is 270 g/mol. The fraction of sp³-hybridized carbons (Fsp3) is 0.385. The first-order valence-corrected chi connectivity index (χ1v) is 5.55. The minimum Gasteiger partial charge on any atom is -0.434 e. The molecule has 1 atom stereocenters. The summed E-state index contributed by atoms with van der Waals surface area (Å²) < 4.78 is 9.06. The highest BCUT2D eigenvalue weighted by Crippen LogP contribution is 2.10. The third-order valence-electron chi connectivity index (χ3n) is 2.23. The van der Waals surface area contributed by atoms with E-state index in [0.717, 1.165) is 5.56 Å². The van der Waals surface area contributed by atoms with Gasteiger partial charge in [-0.15, -0.1) is 0 Å². The fourth-order valence-corrected chi connectivity index (χ4v) is 1.38. The summed E-state index contributed by atoms with van der Waals surface area (Å²) in [6.45, 7) is 3.56. The molecule has 0 fully saturated rings. The van der Waals surface area contributed by atoms with Crippen molar-refractivity contribution < 1.29 is 19.1 Å². The molecule has 100 valence electrons. The predicted octanol–water partition coefficient (Wildman–Crippen LogP) is 2.68. The smallest absolute Gasteiger partial charge is 0.434 e. The zero-order valence-corrected chi connectivity index (χ0v) is 11.5. The van der Waals surface area contributed by atoms with E-state index in [1.807, 2.05) is 30.3 Å². The van der Waals surface area contributed by atoms with Gasteiger partial charge in [0.1, 0.15) is 0 Å². The van der Waals surface area contributed by atoms with E-state index >= 15 is 0 Å². The minimum absolute atomic E-state index is 0. The van der Waals surface area contributed by atoms with E-state index < -0.39 is 12.1 Å². The van der Waals surface area contributed by atoms with Crippen LogP contribution in [0.15, 0.2) is 30.3 Å². The van der Waals surface area contributed by atoms with Gasteiger partial charge in [-0.1, -0.05) is 37.3 Å². The second-order valence-electron chi connectivity index (χ2n) is 3.69. The van der Waals surface area contributed by atoms with Crippen LogP contribution in [0, 0.1) is 5.92 Å². The maximum absolute atomic E-state index is 11.5. The summed E-state index contributed by atoms with van der Waals surface area (Å²) >= 11 is 0. The number of benzene rings is 1. The van der Waals surface area contributed by atoms with E-state index in [1.165, 1.54) is 0 Å². The number of carbonyl (C=O) groups excluding carboxylic acids is 2. The molecule has 0 radical (unpaired) electrons. The van der Waals surface area contributed by atoms with Crippen LogP contribution in [-0.2, 0) is 20.7 Å². The molecule has 0 saturated heterocycles. The van der Waals surface area contributed by atoms with Gasteiger partial charge in [0.2, 0.25) is 0 Å². The molecule has 0 aromatic heterocycles. The van der Waals surface area contributed by atoms with Gasteiger partial charge in [0.15, 0.2) is 0 Å². The highest BCUT2D eigenvalue weighted by Gasteiger charge is 2.19. The van der Waals surface area contributed by atoms with Crippen LogP contribution >= 0.6 is 13.5 Å². The molecule has 0 spiro atoms. The molecule has 4 nitrogen and oxygen atoms in total. The van der Waals surface area contributed by atoms with Gasteiger partial charge in [0.05, 0.1) is 12.5 Å². The number of carbonyl (C=O) groups is 2. The Morgan fingerprint density at radius 2 is 1.83 bits per heavy atom. The van der Waals surface area contributed by atoms with Crippen molar-refractivity contribution in [1.82, 2.24) is 0 Å². The Kier molecular flexibility index (Phi) is 7.87. The zero-order valence-electron chi connectivity index (χ0n) is 10.5. The van der Waals surface area contributed by atoms with Gasteiger partial charge in [-0.05, 0) is 18.9 Å². The lowest BCUT2D eigenvalue weighted by molar-refractivity contribution is -0.143. The Morgan fingerprint density at radius 3 is 2.39 bits per heavy atom. The van der Waals surface area contributed by atoms with Gasteiger partial charge in [0.25, 0.3) is 0 Å². The lowest BCUT2D eigenvalue weighted by Crippen LogP contribution is -2.21. The van der Waals surface area contributed by atoms with E-state index in [9.17, 15) is 9.59 Å². The van der Waals surface area contributed by atoms with Crippen molar-refractivity contribution in [3.8, 4) is 0 Å². The molecule has 0 aliphatic heterocycles. The third kappa shape index (κ3) is 5.72. The predicted molar refractivity (Wildman–Crippen MR) is 72.8 cm³/mol. The largest absolute Gasteiger partial charge is 0.516 e. The van der Waals surface area contributed by atoms with Crippen LogP contribution < -0.4 is 0 Å². The van der Waals surface area contributed by atoms with Crippen molar-refractivity contribution >= 4 is 25.6 Å². The number of esters is 1. The maximum Gasteiger partial charge on any atom is 0.516 e. The molecule has 1 rings (SSSR count). The summed E-state index contributed by atoms with van der Waals surface area (Å²) in [5.41, 5.74) is 1.03. The van der Waals surface area contributed by atoms with Crippen molar-refractivity contribution in [2.75, 3.05) is 6.61 Å². The standard InChI is InChI=1S/C13H16O4.H2S/c1-3-16-13(15)17-12(14)10(2)9-11-7-5-4-6-8-11;/h4-8,10H,3,9H2,1-2H3;1H2/t10-;/m0./s1. The number of hydrogen-bond acceptors (Lipinski definition) is 4. The normalized spacial score (nSPS) is 11.0. The van der Waals surface area contributed by atoms with Gasteiger partial charge in [0, 0.05) is 0 Å². The van der Waals surface area contributed by atoms with E-state index in [-0.39, 0.29) is 26.0 Å². The summed E-state index contributed by atoms with van der Waals surface area (Å²) in [7, 11) is 0. The van der Waals surface area contributed by atoms with E-state index in [4.69, 9.17) is 0 Å². The zero-order chi connectivity index (χ0) is 12.7. The van der Waals surface area contributed by atoms with Crippen molar-refractivity contribution in [3.63, 3.8) is 0 Å². The van der Waals surface area contributed by atoms with Gasteiger partial charge in [-0.2, -0.15) is 13.5 Å². The third-order valence-corrected chi connectivity index (χ3v) is 2.23. The molecule has 5 heteroatoms. The second kappa shape index (κ2) is 8.58. The van der Waals surface area contributed by atoms with E-state index in [2.05, 4.69) is 9.47 Å². The molecule has 0 bridgehead atoms. The SMILES string of the molecule is CCOC(=O)OC(=O)[C@@H](C)Cc1ccccc1.S. The average Bonchev–Trinajstić information content (AvgIpc) is 2.30. The lowest BCUT2D eigenvalue weighted by Gasteiger charge is -2.09. The Labute approximate surface area is 114 Å². The van der Waals surface area contributed by atoms with Crippen molar-refractivity contribution in [3.05, 3.63) is 35.9 Å². The summed E-state index contributed by atoms with van der Waals surface area (Å²) in [4.78, 5) is 22.5. The molecular formula is C13H18O4S. The highest BCUT2D eigenvalue weighted by atomic mass is 32.1. The Hall–Kier alpha value is -1.49. The van der Waals surface area contributed by atoms with Crippen LogP contribution in [-0.4, -0.2) is 18.7 Å². The Balaban J connectivity index is 0.00000289. The van der Waals surface area contributed by atoms with Gasteiger partial charge >= 0.3 is 12.1 Å². The van der Waals surface area contributed by atoms with Crippen LogP contribution in [0.1, 0.15) is 19.4 Å².